The second-order valence-corrected chi connectivity index (χ2v) is 9.82. The number of anilines is 1. The van der Waals surface area contributed by atoms with Gasteiger partial charge in [-0.2, -0.15) is 4.31 Å². The maximum atomic E-state index is 13.1. The van der Waals surface area contributed by atoms with Crippen molar-refractivity contribution >= 4 is 21.6 Å². The summed E-state index contributed by atoms with van der Waals surface area (Å²) in [5, 5.41) is 2.89. The summed E-state index contributed by atoms with van der Waals surface area (Å²) in [6, 6.07) is 15.0. The van der Waals surface area contributed by atoms with E-state index in [4.69, 9.17) is 0 Å². The molecular formula is C22H28N3O3S+. The molecule has 7 heteroatoms. The summed E-state index contributed by atoms with van der Waals surface area (Å²) in [6.45, 7) is 2.49. The first-order valence-electron chi connectivity index (χ1n) is 10.3. The zero-order valence-corrected chi connectivity index (χ0v) is 17.4. The van der Waals surface area contributed by atoms with Gasteiger partial charge in [-0.05, 0) is 61.1 Å². The maximum absolute atomic E-state index is 13.1. The van der Waals surface area contributed by atoms with Gasteiger partial charge in [0.15, 0.2) is 6.54 Å². The summed E-state index contributed by atoms with van der Waals surface area (Å²) in [5.74, 6) is -0.0443. The second-order valence-electron chi connectivity index (χ2n) is 7.88. The SMILES string of the molecule is O=C(C[NH+]1CCN(S(=O)(=O)c2ccc3c(c2)CCCC3)CC1)Nc1ccccc1. The lowest BCUT2D eigenvalue weighted by Crippen LogP contribution is -3.15. The Hall–Kier alpha value is -2.22. The van der Waals surface area contributed by atoms with Gasteiger partial charge in [-0.15, -0.1) is 0 Å². The Kier molecular flexibility index (Phi) is 5.99. The predicted molar refractivity (Wildman–Crippen MR) is 112 cm³/mol. The standard InChI is InChI=1S/C22H27N3O3S/c26-22(23-20-8-2-1-3-9-20)17-24-12-14-25(15-13-24)29(27,28)21-11-10-18-6-4-5-7-19(18)16-21/h1-3,8-11,16H,4-7,12-15,17H2,(H,23,26)/p+1. The van der Waals surface area contributed by atoms with E-state index in [1.54, 1.807) is 10.4 Å². The second kappa shape index (κ2) is 8.65. The molecule has 2 aliphatic rings. The lowest BCUT2D eigenvalue weighted by molar-refractivity contribution is -0.895. The van der Waals surface area contributed by atoms with E-state index >= 15 is 0 Å². The normalized spacial score (nSPS) is 18.2. The molecule has 0 unspecified atom stereocenters. The summed E-state index contributed by atoms with van der Waals surface area (Å²) in [7, 11) is -3.48. The number of sulfonamides is 1. The third kappa shape index (κ3) is 4.69. The highest BCUT2D eigenvalue weighted by Crippen LogP contribution is 2.25. The quantitative estimate of drug-likeness (QED) is 0.770. The number of amides is 1. The Bertz CT molecular complexity index is 968. The number of aryl methyl sites for hydroxylation is 2. The monoisotopic (exact) mass is 414 g/mol. The fourth-order valence-corrected chi connectivity index (χ4v) is 5.69. The van der Waals surface area contributed by atoms with Crippen LogP contribution >= 0.6 is 0 Å². The van der Waals surface area contributed by atoms with Crippen LogP contribution in [0.3, 0.4) is 0 Å². The smallest absolute Gasteiger partial charge is 0.279 e. The van der Waals surface area contributed by atoms with Gasteiger partial charge in [-0.1, -0.05) is 24.3 Å². The van der Waals surface area contributed by atoms with Crippen molar-refractivity contribution in [1.29, 1.82) is 0 Å². The lowest BCUT2D eigenvalue weighted by atomic mass is 9.92. The van der Waals surface area contributed by atoms with Crippen molar-refractivity contribution in [2.24, 2.45) is 0 Å². The first-order chi connectivity index (χ1) is 14.0. The minimum absolute atomic E-state index is 0.0443. The Labute approximate surface area is 172 Å². The third-order valence-corrected chi connectivity index (χ3v) is 7.75. The summed E-state index contributed by atoms with van der Waals surface area (Å²) in [5.41, 5.74) is 3.25. The highest BCUT2D eigenvalue weighted by Gasteiger charge is 2.31. The van der Waals surface area contributed by atoms with E-state index in [0.29, 0.717) is 37.6 Å². The molecule has 6 nitrogen and oxygen atoms in total. The molecule has 1 aliphatic heterocycles. The fourth-order valence-electron chi connectivity index (χ4n) is 4.19. The van der Waals surface area contributed by atoms with Crippen molar-refractivity contribution in [1.82, 2.24) is 4.31 Å². The van der Waals surface area contributed by atoms with Gasteiger partial charge in [0, 0.05) is 5.69 Å². The van der Waals surface area contributed by atoms with Gasteiger partial charge < -0.3 is 10.2 Å². The van der Waals surface area contributed by atoms with Gasteiger partial charge in [0.2, 0.25) is 10.0 Å². The molecule has 0 saturated carbocycles. The van der Waals surface area contributed by atoms with Crippen LogP contribution < -0.4 is 10.2 Å². The zero-order chi connectivity index (χ0) is 20.3. The molecule has 2 N–H and O–H groups in total. The number of fused-ring (bicyclic) bond motifs is 1. The molecule has 2 aromatic carbocycles. The Morgan fingerprint density at radius 2 is 1.66 bits per heavy atom. The van der Waals surface area contributed by atoms with Gasteiger partial charge in [-0.25, -0.2) is 8.42 Å². The van der Waals surface area contributed by atoms with E-state index in [-0.39, 0.29) is 5.91 Å². The van der Waals surface area contributed by atoms with E-state index < -0.39 is 10.0 Å². The molecule has 0 spiro atoms. The molecule has 1 saturated heterocycles. The number of piperazine rings is 1. The molecule has 1 amide bonds. The lowest BCUT2D eigenvalue weighted by Gasteiger charge is -2.31. The molecule has 29 heavy (non-hydrogen) atoms. The molecular weight excluding hydrogens is 386 g/mol. The average molecular weight is 415 g/mol. The zero-order valence-electron chi connectivity index (χ0n) is 16.6. The number of rotatable bonds is 5. The molecule has 154 valence electrons. The van der Waals surface area contributed by atoms with Crippen molar-refractivity contribution in [3.63, 3.8) is 0 Å². The minimum atomic E-state index is -3.48. The number of nitrogens with zero attached hydrogens (tertiary/aromatic N) is 1. The number of para-hydroxylation sites is 1. The van der Waals surface area contributed by atoms with Crippen molar-refractivity contribution in [3.05, 3.63) is 59.7 Å². The van der Waals surface area contributed by atoms with Crippen molar-refractivity contribution < 1.29 is 18.1 Å². The van der Waals surface area contributed by atoms with E-state index in [2.05, 4.69) is 5.32 Å². The molecule has 1 fully saturated rings. The fraction of sp³-hybridized carbons (Fsp3) is 0.409. The van der Waals surface area contributed by atoms with Crippen LogP contribution in [-0.4, -0.2) is 51.4 Å². The van der Waals surface area contributed by atoms with E-state index in [1.807, 2.05) is 42.5 Å². The van der Waals surface area contributed by atoms with Crippen LogP contribution in [0.1, 0.15) is 24.0 Å². The molecule has 1 heterocycles. The van der Waals surface area contributed by atoms with Gasteiger partial charge in [-0.3, -0.25) is 4.79 Å². The third-order valence-electron chi connectivity index (χ3n) is 5.86. The van der Waals surface area contributed by atoms with Gasteiger partial charge >= 0.3 is 0 Å². The number of hydrogen-bond donors (Lipinski definition) is 2. The number of carbonyl (C=O) groups excluding carboxylic acids is 1. The van der Waals surface area contributed by atoms with Crippen LogP contribution in [-0.2, 0) is 27.7 Å². The topological polar surface area (TPSA) is 70.9 Å². The molecule has 0 bridgehead atoms. The highest BCUT2D eigenvalue weighted by molar-refractivity contribution is 7.89. The highest BCUT2D eigenvalue weighted by atomic mass is 32.2. The molecule has 2 aromatic rings. The van der Waals surface area contributed by atoms with Crippen LogP contribution in [0.25, 0.3) is 0 Å². The van der Waals surface area contributed by atoms with Gasteiger partial charge in [0.25, 0.3) is 5.91 Å². The minimum Gasteiger partial charge on any atom is -0.325 e. The first kappa shape index (κ1) is 20.1. The van der Waals surface area contributed by atoms with E-state index in [1.165, 1.54) is 17.5 Å². The molecule has 0 aromatic heterocycles. The first-order valence-corrected chi connectivity index (χ1v) is 11.8. The Morgan fingerprint density at radius 1 is 0.966 bits per heavy atom. The number of carbonyl (C=O) groups is 1. The molecule has 0 radical (unpaired) electrons. The summed E-state index contributed by atoms with van der Waals surface area (Å²) >= 11 is 0. The van der Waals surface area contributed by atoms with Gasteiger partial charge in [0.05, 0.1) is 31.1 Å². The van der Waals surface area contributed by atoms with Crippen LogP contribution in [0.15, 0.2) is 53.4 Å². The Morgan fingerprint density at radius 3 is 2.38 bits per heavy atom. The largest absolute Gasteiger partial charge is 0.325 e. The van der Waals surface area contributed by atoms with Crippen LogP contribution in [0.5, 0.6) is 0 Å². The average Bonchev–Trinajstić information content (AvgIpc) is 2.74. The number of hydrogen-bond acceptors (Lipinski definition) is 3. The molecule has 4 rings (SSSR count). The molecule has 1 aliphatic carbocycles. The predicted octanol–water partition coefficient (Wildman–Crippen LogP) is 1.09. The summed E-state index contributed by atoms with van der Waals surface area (Å²) in [4.78, 5) is 13.8. The van der Waals surface area contributed by atoms with E-state index in [0.717, 1.165) is 29.8 Å². The van der Waals surface area contributed by atoms with E-state index in [9.17, 15) is 13.2 Å². The Balaban J connectivity index is 1.34. The van der Waals surface area contributed by atoms with Crippen molar-refractivity contribution in [3.8, 4) is 0 Å². The number of nitrogens with one attached hydrogen (secondary N) is 2. The summed E-state index contributed by atoms with van der Waals surface area (Å²) < 4.78 is 27.7. The molecule has 0 atom stereocenters. The van der Waals surface area contributed by atoms with Crippen LogP contribution in [0, 0.1) is 0 Å². The maximum Gasteiger partial charge on any atom is 0.279 e. The van der Waals surface area contributed by atoms with Gasteiger partial charge in [0.1, 0.15) is 0 Å². The van der Waals surface area contributed by atoms with Crippen LogP contribution in [0.2, 0.25) is 0 Å². The number of quaternary nitrogens is 1. The number of benzene rings is 2. The van der Waals surface area contributed by atoms with Crippen molar-refractivity contribution in [2.75, 3.05) is 38.0 Å². The van der Waals surface area contributed by atoms with Crippen LogP contribution in [0.4, 0.5) is 5.69 Å². The van der Waals surface area contributed by atoms with Crippen molar-refractivity contribution in [2.45, 2.75) is 30.6 Å². The summed E-state index contributed by atoms with van der Waals surface area (Å²) in [6.07, 6.45) is 4.32.